The molecule has 0 saturated heterocycles. The summed E-state index contributed by atoms with van der Waals surface area (Å²) in [6, 6.07) is 0. The fourth-order valence-electron chi connectivity index (χ4n) is 0.781. The van der Waals surface area contributed by atoms with Crippen LogP contribution in [0.2, 0.25) is 0 Å². The monoisotopic (exact) mass is 171 g/mol. The van der Waals surface area contributed by atoms with Crippen molar-refractivity contribution >= 4 is 5.91 Å². The lowest BCUT2D eigenvalue weighted by molar-refractivity contribution is -0.121. The zero-order valence-corrected chi connectivity index (χ0v) is 8.02. The van der Waals surface area contributed by atoms with E-state index in [1.165, 1.54) is 0 Å². The summed E-state index contributed by atoms with van der Waals surface area (Å²) in [7, 11) is 1.58. The summed E-state index contributed by atoms with van der Waals surface area (Å²) in [5.41, 5.74) is 0.508. The number of carbonyl (C=O) groups is 1. The van der Waals surface area contributed by atoms with Crippen molar-refractivity contribution in [1.29, 1.82) is 0 Å². The van der Waals surface area contributed by atoms with Crippen LogP contribution in [0.1, 0.15) is 26.7 Å². The molecule has 0 spiro atoms. The minimum Gasteiger partial charge on any atom is -0.362 e. The Kier molecular flexibility index (Phi) is 5.37. The summed E-state index contributed by atoms with van der Waals surface area (Å²) < 4.78 is 5.04. The van der Waals surface area contributed by atoms with E-state index in [2.05, 4.69) is 11.9 Å². The molecule has 0 radical (unpaired) electrons. The van der Waals surface area contributed by atoms with E-state index in [1.807, 2.05) is 6.92 Å². The molecule has 0 aliphatic rings. The number of carbonyl (C=O) groups excluding carboxylic acids is 1. The van der Waals surface area contributed by atoms with Crippen molar-refractivity contribution in [2.24, 2.45) is 0 Å². The van der Waals surface area contributed by atoms with E-state index in [4.69, 9.17) is 4.74 Å². The van der Waals surface area contributed by atoms with Crippen molar-refractivity contribution in [3.8, 4) is 0 Å². The van der Waals surface area contributed by atoms with Gasteiger partial charge in [-0.25, -0.2) is 0 Å². The van der Waals surface area contributed by atoms with Gasteiger partial charge in [0.05, 0.1) is 0 Å². The van der Waals surface area contributed by atoms with Crippen LogP contribution in [0.4, 0.5) is 0 Å². The van der Waals surface area contributed by atoms with Gasteiger partial charge in [0.2, 0.25) is 5.91 Å². The first-order valence-electron chi connectivity index (χ1n) is 4.11. The lowest BCUT2D eigenvalue weighted by atomic mass is 10.2. The normalized spacial score (nSPS) is 12.2. The Labute approximate surface area is 73.8 Å². The summed E-state index contributed by atoms with van der Waals surface area (Å²) in [6.45, 7) is 7.25. The molecule has 1 unspecified atom stereocenters. The summed E-state index contributed by atoms with van der Waals surface area (Å²) in [5.74, 6) is -0.143. The van der Waals surface area contributed by atoms with Crippen LogP contribution in [0.25, 0.3) is 0 Å². The minimum atomic E-state index is -0.181. The molecule has 3 nitrogen and oxygen atoms in total. The molecule has 0 bridgehead atoms. The van der Waals surface area contributed by atoms with Crippen LogP contribution in [-0.4, -0.2) is 19.2 Å². The molecule has 0 aromatic rings. The summed E-state index contributed by atoms with van der Waals surface area (Å²) in [6.07, 6.45) is 1.63. The number of hydrogen-bond acceptors (Lipinski definition) is 2. The second-order valence-corrected chi connectivity index (χ2v) is 2.77. The number of amides is 1. The van der Waals surface area contributed by atoms with E-state index in [0.29, 0.717) is 5.57 Å². The molecule has 0 rings (SSSR count). The van der Waals surface area contributed by atoms with Gasteiger partial charge in [0.1, 0.15) is 6.23 Å². The average Bonchev–Trinajstić information content (AvgIpc) is 2.03. The predicted octanol–water partition coefficient (Wildman–Crippen LogP) is 1.45. The van der Waals surface area contributed by atoms with Gasteiger partial charge in [0.15, 0.2) is 0 Å². The second-order valence-electron chi connectivity index (χ2n) is 2.77. The first-order valence-corrected chi connectivity index (χ1v) is 4.11. The minimum absolute atomic E-state index is 0.143. The Hall–Kier alpha value is -0.830. The topological polar surface area (TPSA) is 38.3 Å². The lowest BCUT2D eigenvalue weighted by Crippen LogP contribution is -2.36. The van der Waals surface area contributed by atoms with Crippen molar-refractivity contribution in [1.82, 2.24) is 5.32 Å². The van der Waals surface area contributed by atoms with Gasteiger partial charge in [-0.3, -0.25) is 4.79 Å². The fraction of sp³-hybridized carbons (Fsp3) is 0.667. The van der Waals surface area contributed by atoms with Gasteiger partial charge in [-0.05, 0) is 13.3 Å². The standard InChI is InChI=1S/C9H17NO2/c1-5-6-8(12-4)10-9(11)7(2)3/h8H,2,5-6H2,1,3-4H3,(H,10,11). The molecule has 1 N–H and O–H groups in total. The maximum Gasteiger partial charge on any atom is 0.248 e. The van der Waals surface area contributed by atoms with E-state index >= 15 is 0 Å². The van der Waals surface area contributed by atoms with Gasteiger partial charge in [0, 0.05) is 12.7 Å². The zero-order valence-electron chi connectivity index (χ0n) is 8.02. The van der Waals surface area contributed by atoms with E-state index in [9.17, 15) is 4.79 Å². The highest BCUT2D eigenvalue weighted by molar-refractivity contribution is 5.92. The second kappa shape index (κ2) is 5.77. The third-order valence-electron chi connectivity index (χ3n) is 1.52. The number of hydrogen-bond donors (Lipinski definition) is 1. The number of rotatable bonds is 5. The molecule has 70 valence electrons. The van der Waals surface area contributed by atoms with E-state index in [-0.39, 0.29) is 12.1 Å². The van der Waals surface area contributed by atoms with Crippen LogP contribution in [0.3, 0.4) is 0 Å². The van der Waals surface area contributed by atoms with Crippen LogP contribution in [0.15, 0.2) is 12.2 Å². The molecule has 0 heterocycles. The maximum absolute atomic E-state index is 11.1. The van der Waals surface area contributed by atoms with E-state index < -0.39 is 0 Å². The van der Waals surface area contributed by atoms with Crippen LogP contribution >= 0.6 is 0 Å². The zero-order chi connectivity index (χ0) is 9.56. The molecule has 3 heteroatoms. The lowest BCUT2D eigenvalue weighted by Gasteiger charge is -2.15. The molecule has 1 amide bonds. The first kappa shape index (κ1) is 11.2. The molecule has 0 aromatic carbocycles. The van der Waals surface area contributed by atoms with E-state index in [0.717, 1.165) is 12.8 Å². The molecule has 0 aliphatic carbocycles. The molecular weight excluding hydrogens is 154 g/mol. The molecule has 0 aromatic heterocycles. The van der Waals surface area contributed by atoms with E-state index in [1.54, 1.807) is 14.0 Å². The van der Waals surface area contributed by atoms with Crippen molar-refractivity contribution in [2.45, 2.75) is 32.9 Å². The quantitative estimate of drug-likeness (QED) is 0.502. The molecule has 1 atom stereocenters. The number of methoxy groups -OCH3 is 1. The highest BCUT2D eigenvalue weighted by Gasteiger charge is 2.09. The number of nitrogens with one attached hydrogen (secondary N) is 1. The molecule has 12 heavy (non-hydrogen) atoms. The van der Waals surface area contributed by atoms with Crippen LogP contribution in [-0.2, 0) is 9.53 Å². The Balaban J connectivity index is 3.85. The van der Waals surface area contributed by atoms with Crippen molar-refractivity contribution < 1.29 is 9.53 Å². The predicted molar refractivity (Wildman–Crippen MR) is 48.7 cm³/mol. The van der Waals surface area contributed by atoms with Crippen LogP contribution < -0.4 is 5.32 Å². The Morgan fingerprint density at radius 1 is 1.67 bits per heavy atom. The van der Waals surface area contributed by atoms with Gasteiger partial charge in [-0.1, -0.05) is 19.9 Å². The Morgan fingerprint density at radius 2 is 2.25 bits per heavy atom. The molecule has 0 saturated carbocycles. The first-order chi connectivity index (χ1) is 5.61. The maximum atomic E-state index is 11.1. The molecular formula is C9H17NO2. The van der Waals surface area contributed by atoms with Crippen molar-refractivity contribution in [3.63, 3.8) is 0 Å². The van der Waals surface area contributed by atoms with Gasteiger partial charge >= 0.3 is 0 Å². The van der Waals surface area contributed by atoms with Gasteiger partial charge in [0.25, 0.3) is 0 Å². The smallest absolute Gasteiger partial charge is 0.248 e. The summed E-state index contributed by atoms with van der Waals surface area (Å²) in [5, 5.41) is 2.71. The van der Waals surface area contributed by atoms with Crippen LogP contribution in [0.5, 0.6) is 0 Å². The SMILES string of the molecule is C=C(C)C(=O)NC(CCC)OC. The fourth-order valence-corrected chi connectivity index (χ4v) is 0.781. The summed E-state index contributed by atoms with van der Waals surface area (Å²) >= 11 is 0. The highest BCUT2D eigenvalue weighted by atomic mass is 16.5. The molecule has 0 aliphatic heterocycles. The Morgan fingerprint density at radius 3 is 2.58 bits per heavy atom. The van der Waals surface area contributed by atoms with Crippen molar-refractivity contribution in [2.75, 3.05) is 7.11 Å². The van der Waals surface area contributed by atoms with Crippen LogP contribution in [0, 0.1) is 0 Å². The molecule has 0 fully saturated rings. The Bertz CT molecular complexity index is 166. The third kappa shape index (κ3) is 4.13. The number of ether oxygens (including phenoxy) is 1. The van der Waals surface area contributed by atoms with Gasteiger partial charge in [-0.15, -0.1) is 0 Å². The van der Waals surface area contributed by atoms with Gasteiger partial charge in [-0.2, -0.15) is 0 Å². The third-order valence-corrected chi connectivity index (χ3v) is 1.52. The van der Waals surface area contributed by atoms with Crippen molar-refractivity contribution in [3.05, 3.63) is 12.2 Å². The largest absolute Gasteiger partial charge is 0.362 e. The summed E-state index contributed by atoms with van der Waals surface area (Å²) in [4.78, 5) is 11.1. The highest BCUT2D eigenvalue weighted by Crippen LogP contribution is 1.98. The van der Waals surface area contributed by atoms with Gasteiger partial charge < -0.3 is 10.1 Å². The average molecular weight is 171 g/mol.